The molecule has 0 atom stereocenters. The summed E-state index contributed by atoms with van der Waals surface area (Å²) in [5.41, 5.74) is 3.46. The molecule has 3 aromatic rings. The number of carbonyl (C=O) groups is 1. The van der Waals surface area contributed by atoms with Gasteiger partial charge in [0.05, 0.1) is 6.61 Å². The Morgan fingerprint density at radius 2 is 2.13 bits per heavy atom. The molecule has 0 fully saturated rings. The number of carbonyl (C=O) groups excluding carboxylic acids is 1. The number of aromatic nitrogens is 2. The number of pyridine rings is 2. The van der Waals surface area contributed by atoms with E-state index in [1.54, 1.807) is 25.4 Å². The van der Waals surface area contributed by atoms with E-state index in [-0.39, 0.29) is 17.6 Å². The van der Waals surface area contributed by atoms with Crippen molar-refractivity contribution in [3.05, 3.63) is 64.2 Å². The summed E-state index contributed by atoms with van der Waals surface area (Å²) in [6.07, 6.45) is 4.94. The van der Waals surface area contributed by atoms with E-state index in [9.17, 15) is 9.59 Å². The van der Waals surface area contributed by atoms with Crippen molar-refractivity contribution in [1.82, 2.24) is 9.97 Å². The van der Waals surface area contributed by atoms with Crippen LogP contribution in [0.3, 0.4) is 0 Å². The van der Waals surface area contributed by atoms with E-state index in [1.807, 2.05) is 25.1 Å². The van der Waals surface area contributed by atoms with Crippen molar-refractivity contribution >= 4 is 16.9 Å². The SMILES string of the molecule is CCOC(=O)c1c[nH]c2cc(-c3ccncc3C)ccc2c1=O. The molecule has 5 heteroatoms. The minimum Gasteiger partial charge on any atom is -0.462 e. The summed E-state index contributed by atoms with van der Waals surface area (Å²) in [7, 11) is 0. The molecule has 0 radical (unpaired) electrons. The Labute approximate surface area is 133 Å². The summed E-state index contributed by atoms with van der Waals surface area (Å²) in [6, 6.07) is 7.43. The van der Waals surface area contributed by atoms with Crippen LogP contribution >= 0.6 is 0 Å². The largest absolute Gasteiger partial charge is 0.462 e. The van der Waals surface area contributed by atoms with Crippen molar-refractivity contribution < 1.29 is 9.53 Å². The highest BCUT2D eigenvalue weighted by atomic mass is 16.5. The van der Waals surface area contributed by atoms with Crippen molar-refractivity contribution in [1.29, 1.82) is 0 Å². The lowest BCUT2D eigenvalue weighted by atomic mass is 10.0. The van der Waals surface area contributed by atoms with Gasteiger partial charge in [0.15, 0.2) is 0 Å². The number of rotatable bonds is 3. The van der Waals surface area contributed by atoms with Gasteiger partial charge in [-0.15, -0.1) is 0 Å². The molecule has 0 aliphatic carbocycles. The number of hydrogen-bond acceptors (Lipinski definition) is 4. The number of nitrogens with one attached hydrogen (secondary N) is 1. The van der Waals surface area contributed by atoms with Gasteiger partial charge in [0, 0.05) is 29.5 Å². The maximum absolute atomic E-state index is 12.4. The van der Waals surface area contributed by atoms with Crippen molar-refractivity contribution in [3.63, 3.8) is 0 Å². The van der Waals surface area contributed by atoms with Crippen molar-refractivity contribution in [2.24, 2.45) is 0 Å². The van der Waals surface area contributed by atoms with Gasteiger partial charge < -0.3 is 9.72 Å². The summed E-state index contributed by atoms with van der Waals surface area (Å²) < 4.78 is 4.90. The predicted molar refractivity (Wildman–Crippen MR) is 88.5 cm³/mol. The maximum Gasteiger partial charge on any atom is 0.343 e. The van der Waals surface area contributed by atoms with Gasteiger partial charge in [0.2, 0.25) is 5.43 Å². The third-order valence-corrected chi connectivity index (χ3v) is 3.71. The topological polar surface area (TPSA) is 72.1 Å². The highest BCUT2D eigenvalue weighted by Crippen LogP contribution is 2.24. The Morgan fingerprint density at radius 3 is 2.87 bits per heavy atom. The molecule has 0 amide bonds. The van der Waals surface area contributed by atoms with E-state index < -0.39 is 5.97 Å². The number of aromatic amines is 1. The highest BCUT2D eigenvalue weighted by Gasteiger charge is 2.14. The number of benzene rings is 1. The van der Waals surface area contributed by atoms with E-state index >= 15 is 0 Å². The fraction of sp³-hybridized carbons (Fsp3) is 0.167. The second-order valence-electron chi connectivity index (χ2n) is 5.20. The fourth-order valence-electron chi connectivity index (χ4n) is 2.55. The Bertz CT molecular complexity index is 944. The first kappa shape index (κ1) is 15.0. The smallest absolute Gasteiger partial charge is 0.343 e. The molecule has 0 saturated heterocycles. The average molecular weight is 308 g/mol. The number of nitrogens with zero attached hydrogens (tertiary/aromatic N) is 1. The van der Waals surface area contributed by atoms with Crippen LogP contribution in [0.25, 0.3) is 22.0 Å². The molecule has 2 heterocycles. The van der Waals surface area contributed by atoms with Crippen LogP contribution in [-0.4, -0.2) is 22.5 Å². The van der Waals surface area contributed by atoms with Crippen molar-refractivity contribution in [2.45, 2.75) is 13.8 Å². The van der Waals surface area contributed by atoms with Crippen LogP contribution in [0.4, 0.5) is 0 Å². The highest BCUT2D eigenvalue weighted by molar-refractivity contribution is 5.94. The number of fused-ring (bicyclic) bond motifs is 1. The van der Waals surface area contributed by atoms with E-state index in [0.29, 0.717) is 10.9 Å². The minimum absolute atomic E-state index is 0.0205. The van der Waals surface area contributed by atoms with Gasteiger partial charge in [0.25, 0.3) is 0 Å². The predicted octanol–water partition coefficient (Wildman–Crippen LogP) is 3.08. The molecule has 0 saturated carbocycles. The first-order valence-corrected chi connectivity index (χ1v) is 7.35. The minimum atomic E-state index is -0.607. The molecule has 116 valence electrons. The standard InChI is InChI=1S/C18H16N2O3/c1-3-23-18(22)15-10-20-16-8-12(4-5-14(16)17(15)21)13-6-7-19-9-11(13)2/h4-10H,3H2,1-2H3,(H,20,21). The lowest BCUT2D eigenvalue weighted by Crippen LogP contribution is -2.18. The lowest BCUT2D eigenvalue weighted by Gasteiger charge is -2.08. The molecule has 0 aliphatic heterocycles. The number of aryl methyl sites for hydroxylation is 1. The molecular weight excluding hydrogens is 292 g/mol. The van der Waals surface area contributed by atoms with Gasteiger partial charge in [-0.3, -0.25) is 9.78 Å². The molecule has 0 aliphatic rings. The maximum atomic E-state index is 12.4. The van der Waals surface area contributed by atoms with Crippen LogP contribution < -0.4 is 5.43 Å². The van der Waals surface area contributed by atoms with E-state index in [4.69, 9.17) is 4.74 Å². The van der Waals surface area contributed by atoms with Gasteiger partial charge in [-0.25, -0.2) is 4.79 Å². The molecule has 1 N–H and O–H groups in total. The van der Waals surface area contributed by atoms with Crippen LogP contribution in [0.5, 0.6) is 0 Å². The Balaban J connectivity index is 2.13. The summed E-state index contributed by atoms with van der Waals surface area (Å²) in [5, 5.41) is 0.464. The third kappa shape index (κ3) is 2.73. The second-order valence-corrected chi connectivity index (χ2v) is 5.20. The monoisotopic (exact) mass is 308 g/mol. The van der Waals surface area contributed by atoms with Gasteiger partial charge in [0.1, 0.15) is 5.56 Å². The first-order chi connectivity index (χ1) is 11.1. The zero-order chi connectivity index (χ0) is 16.4. The number of hydrogen-bond donors (Lipinski definition) is 1. The van der Waals surface area contributed by atoms with Crippen LogP contribution in [0.1, 0.15) is 22.8 Å². The lowest BCUT2D eigenvalue weighted by molar-refractivity contribution is 0.0524. The molecule has 23 heavy (non-hydrogen) atoms. The Hall–Kier alpha value is -2.95. The second kappa shape index (κ2) is 6.04. The molecule has 0 unspecified atom stereocenters. The fourth-order valence-corrected chi connectivity index (χ4v) is 2.55. The Kier molecular flexibility index (Phi) is 3.93. The van der Waals surface area contributed by atoms with Crippen LogP contribution in [0, 0.1) is 6.92 Å². The van der Waals surface area contributed by atoms with Gasteiger partial charge in [-0.1, -0.05) is 6.07 Å². The number of ether oxygens (including phenoxy) is 1. The van der Waals surface area contributed by atoms with Crippen molar-refractivity contribution in [3.8, 4) is 11.1 Å². The number of esters is 1. The van der Waals surface area contributed by atoms with Gasteiger partial charge in [-0.2, -0.15) is 0 Å². The Morgan fingerprint density at radius 1 is 1.30 bits per heavy atom. The molecule has 1 aromatic carbocycles. The summed E-state index contributed by atoms with van der Waals surface area (Å²) >= 11 is 0. The van der Waals surface area contributed by atoms with Gasteiger partial charge in [-0.05, 0) is 48.7 Å². The molecular formula is C18H16N2O3. The quantitative estimate of drug-likeness (QED) is 0.755. The summed E-state index contributed by atoms with van der Waals surface area (Å²) in [4.78, 5) is 31.3. The zero-order valence-corrected chi connectivity index (χ0v) is 12.9. The molecule has 5 nitrogen and oxygen atoms in total. The van der Waals surface area contributed by atoms with Crippen LogP contribution in [0.2, 0.25) is 0 Å². The van der Waals surface area contributed by atoms with E-state index in [2.05, 4.69) is 9.97 Å². The zero-order valence-electron chi connectivity index (χ0n) is 12.9. The third-order valence-electron chi connectivity index (χ3n) is 3.71. The van der Waals surface area contributed by atoms with Crippen molar-refractivity contribution in [2.75, 3.05) is 6.61 Å². The van der Waals surface area contributed by atoms with Crippen LogP contribution in [-0.2, 0) is 4.74 Å². The molecule has 2 aromatic heterocycles. The average Bonchev–Trinajstić information content (AvgIpc) is 2.55. The molecule has 3 rings (SSSR count). The first-order valence-electron chi connectivity index (χ1n) is 7.35. The van der Waals surface area contributed by atoms with E-state index in [1.165, 1.54) is 6.20 Å². The molecule has 0 spiro atoms. The molecule has 0 bridgehead atoms. The normalized spacial score (nSPS) is 10.7. The number of H-pyrrole nitrogens is 1. The summed E-state index contributed by atoms with van der Waals surface area (Å²) in [6.45, 7) is 3.92. The van der Waals surface area contributed by atoms with E-state index in [0.717, 1.165) is 16.7 Å². The summed E-state index contributed by atoms with van der Waals surface area (Å²) in [5.74, 6) is -0.607. The van der Waals surface area contributed by atoms with Gasteiger partial charge >= 0.3 is 5.97 Å². The van der Waals surface area contributed by atoms with Crippen LogP contribution in [0.15, 0.2) is 47.7 Å².